The summed E-state index contributed by atoms with van der Waals surface area (Å²) in [6.07, 6.45) is 8.66. The first kappa shape index (κ1) is 55.9. The smallest absolute Gasteiger partial charge is 0.407 e. The van der Waals surface area contributed by atoms with Crippen LogP contribution in [0.2, 0.25) is 0 Å². The van der Waals surface area contributed by atoms with Gasteiger partial charge in [-0.1, -0.05) is 171 Å². The lowest BCUT2D eigenvalue weighted by Crippen LogP contribution is -2.57. The first-order valence-corrected chi connectivity index (χ1v) is 25.3. The Labute approximate surface area is 410 Å². The molecule has 13 nitrogen and oxygen atoms in total. The van der Waals surface area contributed by atoms with Crippen LogP contribution in [-0.2, 0) is 49.5 Å². The normalized spacial score (nSPS) is 14.3. The lowest BCUT2D eigenvalue weighted by molar-refractivity contribution is -0.160. The summed E-state index contributed by atoms with van der Waals surface area (Å²) >= 11 is 0. The minimum Gasteiger partial charge on any atom is -0.461 e. The average Bonchev–Trinajstić information content (AvgIpc) is 3.63. The van der Waals surface area contributed by atoms with E-state index < -0.39 is 72.1 Å². The van der Waals surface area contributed by atoms with Gasteiger partial charge in [0.15, 0.2) is 0 Å². The maximum absolute atomic E-state index is 14.3. The van der Waals surface area contributed by atoms with Crippen molar-refractivity contribution in [3.63, 3.8) is 0 Å². The van der Waals surface area contributed by atoms with Crippen LogP contribution in [0.15, 0.2) is 78.9 Å². The van der Waals surface area contributed by atoms with Gasteiger partial charge >= 0.3 is 24.0 Å². The summed E-state index contributed by atoms with van der Waals surface area (Å²) < 4.78 is 22.9. The van der Waals surface area contributed by atoms with Gasteiger partial charge in [0, 0.05) is 5.92 Å². The highest BCUT2D eigenvalue weighted by atomic mass is 16.6. The molecule has 0 spiro atoms. The molecule has 0 heterocycles. The average molecular weight is 954 g/mol. The molecule has 69 heavy (non-hydrogen) atoms. The zero-order valence-electron chi connectivity index (χ0n) is 42.4. The number of hydrogen-bond acceptors (Lipinski definition) is 10. The number of nitrogens with one attached hydrogen (secondary N) is 3. The van der Waals surface area contributed by atoms with Crippen LogP contribution in [0.4, 0.5) is 4.79 Å². The van der Waals surface area contributed by atoms with Crippen molar-refractivity contribution in [2.24, 2.45) is 11.8 Å². The fourth-order valence-electron chi connectivity index (χ4n) is 8.55. The maximum atomic E-state index is 14.3. The highest BCUT2D eigenvalue weighted by Gasteiger charge is 2.36. The van der Waals surface area contributed by atoms with Gasteiger partial charge in [-0.25, -0.2) is 9.59 Å². The van der Waals surface area contributed by atoms with Crippen LogP contribution in [0.25, 0.3) is 11.1 Å². The maximum Gasteiger partial charge on any atom is 0.407 e. The number of carbonyl (C=O) groups is 6. The second-order valence-electron chi connectivity index (χ2n) is 19.9. The Morgan fingerprint density at radius 1 is 0.623 bits per heavy atom. The largest absolute Gasteiger partial charge is 0.461 e. The third-order valence-corrected chi connectivity index (χ3v) is 12.4. The van der Waals surface area contributed by atoms with Gasteiger partial charge < -0.3 is 34.9 Å². The van der Waals surface area contributed by atoms with Gasteiger partial charge in [0.25, 0.3) is 0 Å². The number of carbonyl (C=O) groups excluding carboxylic acids is 6. The molecule has 1 aliphatic carbocycles. The minimum atomic E-state index is -1.48. The minimum absolute atomic E-state index is 0.0267. The van der Waals surface area contributed by atoms with Crippen molar-refractivity contribution in [2.75, 3.05) is 6.61 Å². The van der Waals surface area contributed by atoms with E-state index >= 15 is 0 Å². The van der Waals surface area contributed by atoms with E-state index in [1.165, 1.54) is 32.1 Å². The van der Waals surface area contributed by atoms with Crippen LogP contribution in [0.3, 0.4) is 0 Å². The number of ether oxygens (including phenoxy) is 4. The van der Waals surface area contributed by atoms with Crippen molar-refractivity contribution in [1.82, 2.24) is 16.0 Å². The highest BCUT2D eigenvalue weighted by molar-refractivity contribution is 5.95. The molecule has 0 radical (unpaired) electrons. The Hall–Kier alpha value is -5.72. The number of unbranched alkanes of at least 4 members (excludes halogenated alkanes) is 8. The molecule has 0 aliphatic heterocycles. The Morgan fingerprint density at radius 3 is 1.77 bits per heavy atom. The van der Waals surface area contributed by atoms with Gasteiger partial charge in [-0.05, 0) is 79.7 Å². The van der Waals surface area contributed by atoms with Crippen LogP contribution in [0.1, 0.15) is 168 Å². The van der Waals surface area contributed by atoms with Crippen molar-refractivity contribution in [3.05, 3.63) is 95.6 Å². The Kier molecular flexibility index (Phi) is 23.2. The summed E-state index contributed by atoms with van der Waals surface area (Å²) in [7, 11) is 0. The summed E-state index contributed by atoms with van der Waals surface area (Å²) in [5, 5.41) is 8.18. The SMILES string of the molecule is CCCCCCCCCCCC(CC(=O)OCc1ccccc1)OC(=O)[C@@H](NC(=O)[C@@H](CC(C)C)NC(=O)[C@H](CC(=O)OC(C)(C)C)NC(=O)OCC1c2ccccc2-c2ccccc21)[C@@H](C)CC. The van der Waals surface area contributed by atoms with E-state index in [1.54, 1.807) is 20.8 Å². The Bertz CT molecular complexity index is 2050. The number of amides is 3. The molecule has 0 bridgehead atoms. The van der Waals surface area contributed by atoms with Crippen LogP contribution < -0.4 is 16.0 Å². The zero-order chi connectivity index (χ0) is 50.3. The van der Waals surface area contributed by atoms with Crippen LogP contribution in [0, 0.1) is 11.8 Å². The molecule has 3 N–H and O–H groups in total. The van der Waals surface area contributed by atoms with Crippen LogP contribution >= 0.6 is 0 Å². The van der Waals surface area contributed by atoms with Crippen molar-refractivity contribution >= 4 is 35.8 Å². The van der Waals surface area contributed by atoms with Gasteiger partial charge in [-0.3, -0.25) is 19.2 Å². The van der Waals surface area contributed by atoms with E-state index in [0.29, 0.717) is 12.8 Å². The van der Waals surface area contributed by atoms with E-state index in [-0.39, 0.29) is 43.8 Å². The molecule has 3 amide bonds. The fraction of sp³-hybridized carbons (Fsp3) is 0.571. The zero-order valence-corrected chi connectivity index (χ0v) is 42.4. The number of rotatable bonds is 29. The molecule has 1 unspecified atom stereocenters. The molecule has 3 aromatic rings. The summed E-state index contributed by atoms with van der Waals surface area (Å²) in [6, 6.07) is 21.4. The Balaban J connectivity index is 1.46. The highest BCUT2D eigenvalue weighted by Crippen LogP contribution is 2.44. The van der Waals surface area contributed by atoms with Gasteiger partial charge in [-0.2, -0.15) is 0 Å². The molecule has 378 valence electrons. The lowest BCUT2D eigenvalue weighted by atomic mass is 9.97. The first-order chi connectivity index (χ1) is 33.0. The van der Waals surface area contributed by atoms with Crippen molar-refractivity contribution in [3.8, 4) is 11.1 Å². The molecule has 3 aromatic carbocycles. The molecule has 5 atom stereocenters. The fourth-order valence-corrected chi connectivity index (χ4v) is 8.55. The topological polar surface area (TPSA) is 175 Å². The molecule has 0 aromatic heterocycles. The van der Waals surface area contributed by atoms with Crippen molar-refractivity contribution in [1.29, 1.82) is 0 Å². The van der Waals surface area contributed by atoms with Gasteiger partial charge in [0.2, 0.25) is 11.8 Å². The van der Waals surface area contributed by atoms with E-state index in [9.17, 15) is 28.8 Å². The van der Waals surface area contributed by atoms with Crippen molar-refractivity contribution in [2.45, 2.75) is 188 Å². The predicted octanol–water partition coefficient (Wildman–Crippen LogP) is 10.7. The molecule has 13 heteroatoms. The van der Waals surface area contributed by atoms with E-state index in [1.807, 2.05) is 107 Å². The second-order valence-corrected chi connectivity index (χ2v) is 19.9. The number of fused-ring (bicyclic) bond motifs is 3. The summed E-state index contributed by atoms with van der Waals surface area (Å²) in [6.45, 7) is 14.8. The van der Waals surface area contributed by atoms with Gasteiger partial charge in [0.1, 0.15) is 43.0 Å². The number of alkyl carbamates (subject to hydrolysis) is 1. The van der Waals surface area contributed by atoms with Crippen LogP contribution in [0.5, 0.6) is 0 Å². The second kappa shape index (κ2) is 28.7. The van der Waals surface area contributed by atoms with E-state index in [2.05, 4.69) is 22.9 Å². The van der Waals surface area contributed by atoms with Gasteiger partial charge in [-0.15, -0.1) is 0 Å². The third kappa shape index (κ3) is 19.3. The number of esters is 3. The monoisotopic (exact) mass is 954 g/mol. The molecule has 0 saturated carbocycles. The third-order valence-electron chi connectivity index (χ3n) is 12.4. The predicted molar refractivity (Wildman–Crippen MR) is 268 cm³/mol. The molecule has 0 saturated heterocycles. The first-order valence-electron chi connectivity index (χ1n) is 25.3. The van der Waals surface area contributed by atoms with Crippen molar-refractivity contribution < 1.29 is 47.7 Å². The molecular formula is C56H79N3O10. The standard InChI is InChI=1S/C56H79N3O10/c1-9-11-12-13-14-15-16-17-21-28-41(34-49(60)66-36-40-26-19-18-20-27-40)68-54(64)51(39(5)10-2)59-53(63)47(33-38(3)4)57-52(62)48(35-50(61)69-56(6,7)8)58-55(65)67-37-46-44-31-24-22-29-42(44)43-30-23-25-32-45(43)46/h18-20,22-27,29-32,38-39,41,46-48,51H,9-17,21,28,33-37H2,1-8H3,(H,57,62)(H,58,65)(H,59,63)/t39-,41?,47+,48-,51-/m0/s1. The van der Waals surface area contributed by atoms with Crippen LogP contribution in [-0.4, -0.2) is 72.3 Å². The lowest BCUT2D eigenvalue weighted by Gasteiger charge is -2.29. The molecule has 0 fully saturated rings. The summed E-state index contributed by atoms with van der Waals surface area (Å²) in [4.78, 5) is 82.5. The van der Waals surface area contributed by atoms with E-state index in [0.717, 1.165) is 53.5 Å². The molecule has 1 aliphatic rings. The molecular weight excluding hydrogens is 875 g/mol. The summed E-state index contributed by atoms with van der Waals surface area (Å²) in [5.74, 6) is -4.12. The van der Waals surface area contributed by atoms with Gasteiger partial charge in [0.05, 0.1) is 12.8 Å². The van der Waals surface area contributed by atoms with E-state index in [4.69, 9.17) is 18.9 Å². The quantitative estimate of drug-likeness (QED) is 0.0345. The number of hydrogen-bond donors (Lipinski definition) is 3. The number of benzene rings is 3. The Morgan fingerprint density at radius 2 is 1.19 bits per heavy atom. The molecule has 4 rings (SSSR count). The summed E-state index contributed by atoms with van der Waals surface area (Å²) in [5.41, 5.74) is 4.08.